The van der Waals surface area contributed by atoms with Crippen LogP contribution in [0.25, 0.3) is 0 Å². The van der Waals surface area contributed by atoms with E-state index in [9.17, 15) is 5.11 Å². The number of rotatable bonds is 3. The molecule has 1 fully saturated rings. The van der Waals surface area contributed by atoms with Gasteiger partial charge < -0.3 is 10.0 Å². The summed E-state index contributed by atoms with van der Waals surface area (Å²) in [5, 5.41) is 13.8. The minimum atomic E-state index is 0.0615. The highest BCUT2D eigenvalue weighted by Crippen LogP contribution is 2.25. The number of hydrogen-bond donors (Lipinski definition) is 1. The van der Waals surface area contributed by atoms with Crippen molar-refractivity contribution in [2.75, 3.05) is 18.0 Å². The lowest BCUT2D eigenvalue weighted by molar-refractivity contribution is 0.281. The predicted octanol–water partition coefficient (Wildman–Crippen LogP) is 2.23. The number of piperidine rings is 1. The van der Waals surface area contributed by atoms with Crippen molar-refractivity contribution >= 4 is 5.82 Å². The molecule has 0 radical (unpaired) electrons. The Hall–Kier alpha value is -1.88. The van der Waals surface area contributed by atoms with E-state index in [1.54, 1.807) is 0 Å². The maximum absolute atomic E-state index is 9.36. The topological polar surface area (TPSA) is 54.2 Å². The highest BCUT2D eigenvalue weighted by Gasteiger charge is 2.23. The molecule has 0 bridgehead atoms. The number of aromatic nitrogens is 3. The number of pyridine rings is 1. The van der Waals surface area contributed by atoms with Crippen molar-refractivity contribution in [3.63, 3.8) is 0 Å². The van der Waals surface area contributed by atoms with Gasteiger partial charge in [0.2, 0.25) is 0 Å². The van der Waals surface area contributed by atoms with Crippen LogP contribution in [0.15, 0.2) is 24.5 Å². The van der Waals surface area contributed by atoms with E-state index >= 15 is 0 Å². The fourth-order valence-corrected chi connectivity index (χ4v) is 2.99. The molecule has 112 valence electrons. The molecular weight excluding hydrogens is 264 g/mol. The highest BCUT2D eigenvalue weighted by molar-refractivity contribution is 5.43. The molecule has 21 heavy (non-hydrogen) atoms. The largest absolute Gasteiger partial charge is 0.392 e. The Morgan fingerprint density at radius 1 is 1.33 bits per heavy atom. The van der Waals surface area contributed by atoms with Crippen LogP contribution in [-0.4, -0.2) is 33.0 Å². The summed E-state index contributed by atoms with van der Waals surface area (Å²) in [6, 6.07) is 4.32. The molecule has 1 unspecified atom stereocenters. The third-order valence-electron chi connectivity index (χ3n) is 4.01. The van der Waals surface area contributed by atoms with Crippen LogP contribution in [0.1, 0.15) is 35.7 Å². The summed E-state index contributed by atoms with van der Waals surface area (Å²) < 4.78 is 2.07. The van der Waals surface area contributed by atoms with Gasteiger partial charge in [0.15, 0.2) is 0 Å². The molecule has 1 aliphatic heterocycles. The standard InChI is InChI=1S/C16H22N4O/c1-12-8-17-20(9-12)15-4-3-5-19(10-15)16-7-14(11-21)6-13(2)18-16/h6-9,15,21H,3-5,10-11H2,1-2H3. The van der Waals surface area contributed by atoms with Crippen molar-refractivity contribution in [3.05, 3.63) is 41.3 Å². The third-order valence-corrected chi connectivity index (χ3v) is 4.01. The van der Waals surface area contributed by atoms with Gasteiger partial charge in [-0.05, 0) is 49.9 Å². The van der Waals surface area contributed by atoms with Gasteiger partial charge in [-0.2, -0.15) is 5.10 Å². The van der Waals surface area contributed by atoms with Crippen molar-refractivity contribution < 1.29 is 5.11 Å². The van der Waals surface area contributed by atoms with E-state index in [1.807, 2.05) is 25.3 Å². The molecule has 1 N–H and O–H groups in total. The number of anilines is 1. The Morgan fingerprint density at radius 2 is 2.19 bits per heavy atom. The molecule has 5 nitrogen and oxygen atoms in total. The van der Waals surface area contributed by atoms with Crippen molar-refractivity contribution in [1.29, 1.82) is 0 Å². The van der Waals surface area contributed by atoms with Gasteiger partial charge in [-0.25, -0.2) is 4.98 Å². The summed E-state index contributed by atoms with van der Waals surface area (Å²) in [5.41, 5.74) is 3.08. The molecule has 0 saturated carbocycles. The number of aryl methyl sites for hydroxylation is 2. The van der Waals surface area contributed by atoms with E-state index in [2.05, 4.69) is 32.8 Å². The summed E-state index contributed by atoms with van der Waals surface area (Å²) >= 11 is 0. The van der Waals surface area contributed by atoms with Gasteiger partial charge in [-0.3, -0.25) is 4.68 Å². The van der Waals surface area contributed by atoms with E-state index in [-0.39, 0.29) is 6.61 Å². The van der Waals surface area contributed by atoms with Crippen molar-refractivity contribution in [3.8, 4) is 0 Å². The number of aliphatic hydroxyl groups is 1. The van der Waals surface area contributed by atoms with Gasteiger partial charge in [-0.15, -0.1) is 0 Å². The maximum Gasteiger partial charge on any atom is 0.129 e. The first-order valence-corrected chi connectivity index (χ1v) is 7.50. The Kier molecular flexibility index (Phi) is 3.92. The summed E-state index contributed by atoms with van der Waals surface area (Å²) in [6.45, 7) is 6.03. The van der Waals surface area contributed by atoms with Crippen LogP contribution in [0, 0.1) is 13.8 Å². The molecule has 0 aliphatic carbocycles. The second-order valence-corrected chi connectivity index (χ2v) is 5.87. The molecule has 3 heterocycles. The summed E-state index contributed by atoms with van der Waals surface area (Å²) in [6.07, 6.45) is 6.30. The van der Waals surface area contributed by atoms with Gasteiger partial charge in [0.25, 0.3) is 0 Å². The first-order chi connectivity index (χ1) is 10.2. The first-order valence-electron chi connectivity index (χ1n) is 7.50. The van der Waals surface area contributed by atoms with E-state index in [0.717, 1.165) is 43.0 Å². The van der Waals surface area contributed by atoms with Crippen LogP contribution >= 0.6 is 0 Å². The quantitative estimate of drug-likeness (QED) is 0.940. The predicted molar refractivity (Wildman–Crippen MR) is 82.3 cm³/mol. The van der Waals surface area contributed by atoms with Crippen molar-refractivity contribution in [2.45, 2.75) is 39.3 Å². The zero-order chi connectivity index (χ0) is 14.8. The zero-order valence-corrected chi connectivity index (χ0v) is 12.7. The molecular formula is C16H22N4O. The summed E-state index contributed by atoms with van der Waals surface area (Å²) in [7, 11) is 0. The number of hydrogen-bond acceptors (Lipinski definition) is 4. The lowest BCUT2D eigenvalue weighted by Crippen LogP contribution is -2.37. The second kappa shape index (κ2) is 5.85. The third kappa shape index (κ3) is 3.08. The Bertz CT molecular complexity index is 622. The zero-order valence-electron chi connectivity index (χ0n) is 12.7. The molecule has 1 aliphatic rings. The molecule has 1 saturated heterocycles. The molecule has 3 rings (SSSR count). The average molecular weight is 286 g/mol. The highest BCUT2D eigenvalue weighted by atomic mass is 16.3. The number of nitrogens with zero attached hydrogens (tertiary/aromatic N) is 4. The maximum atomic E-state index is 9.36. The summed E-state index contributed by atoms with van der Waals surface area (Å²) in [5.74, 6) is 0.965. The molecule has 0 spiro atoms. The van der Waals surface area contributed by atoms with Gasteiger partial charge in [0.1, 0.15) is 5.82 Å². The second-order valence-electron chi connectivity index (χ2n) is 5.87. The Labute approximate surface area is 125 Å². The fourth-order valence-electron chi connectivity index (χ4n) is 2.99. The van der Waals surface area contributed by atoms with Gasteiger partial charge in [-0.1, -0.05) is 0 Å². The minimum absolute atomic E-state index is 0.0615. The van der Waals surface area contributed by atoms with Crippen LogP contribution in [0.2, 0.25) is 0 Å². The van der Waals surface area contributed by atoms with Crippen LogP contribution in [0.4, 0.5) is 5.82 Å². The molecule has 1 atom stereocenters. The molecule has 0 amide bonds. The van der Waals surface area contributed by atoms with Gasteiger partial charge in [0.05, 0.1) is 18.8 Å². The van der Waals surface area contributed by atoms with E-state index < -0.39 is 0 Å². The molecule has 2 aromatic heterocycles. The van der Waals surface area contributed by atoms with Crippen molar-refractivity contribution in [2.24, 2.45) is 0 Å². The van der Waals surface area contributed by atoms with Crippen LogP contribution in [0.5, 0.6) is 0 Å². The van der Waals surface area contributed by atoms with Crippen LogP contribution < -0.4 is 4.90 Å². The number of aliphatic hydroxyl groups excluding tert-OH is 1. The van der Waals surface area contributed by atoms with Gasteiger partial charge >= 0.3 is 0 Å². The van der Waals surface area contributed by atoms with Gasteiger partial charge in [0, 0.05) is 25.0 Å². The van der Waals surface area contributed by atoms with E-state index in [0.29, 0.717) is 6.04 Å². The minimum Gasteiger partial charge on any atom is -0.392 e. The monoisotopic (exact) mass is 286 g/mol. The SMILES string of the molecule is Cc1cnn(C2CCCN(c3cc(CO)cc(C)n3)C2)c1. The van der Waals surface area contributed by atoms with Crippen LogP contribution in [-0.2, 0) is 6.61 Å². The lowest BCUT2D eigenvalue weighted by Gasteiger charge is -2.34. The smallest absolute Gasteiger partial charge is 0.129 e. The molecule has 0 aromatic carbocycles. The van der Waals surface area contributed by atoms with E-state index in [1.165, 1.54) is 5.56 Å². The first kappa shape index (κ1) is 14.1. The van der Waals surface area contributed by atoms with E-state index in [4.69, 9.17) is 0 Å². The Balaban J connectivity index is 1.81. The lowest BCUT2D eigenvalue weighted by atomic mass is 10.1. The summed E-state index contributed by atoms with van der Waals surface area (Å²) in [4.78, 5) is 6.93. The normalized spacial score (nSPS) is 19.0. The molecule has 5 heteroatoms. The van der Waals surface area contributed by atoms with Crippen molar-refractivity contribution in [1.82, 2.24) is 14.8 Å². The molecule has 2 aromatic rings. The Morgan fingerprint density at radius 3 is 2.90 bits per heavy atom. The average Bonchev–Trinajstić information content (AvgIpc) is 2.93. The van der Waals surface area contributed by atoms with Crippen LogP contribution in [0.3, 0.4) is 0 Å². The fraction of sp³-hybridized carbons (Fsp3) is 0.500.